The first-order valence-corrected chi connectivity index (χ1v) is 12.6. The van der Waals surface area contributed by atoms with Gasteiger partial charge in [0.1, 0.15) is 18.1 Å². The van der Waals surface area contributed by atoms with Crippen molar-refractivity contribution < 1.29 is 24.3 Å². The lowest BCUT2D eigenvalue weighted by Gasteiger charge is -2.26. The number of fused-ring (bicyclic) bond motifs is 1. The van der Waals surface area contributed by atoms with Crippen molar-refractivity contribution in [2.75, 3.05) is 6.54 Å². The van der Waals surface area contributed by atoms with E-state index in [1.807, 2.05) is 61.5 Å². The number of hydrogen-bond donors (Lipinski definition) is 6. The van der Waals surface area contributed by atoms with Gasteiger partial charge in [0.2, 0.25) is 17.7 Å². The van der Waals surface area contributed by atoms with Crippen LogP contribution in [0.2, 0.25) is 0 Å². The number of H-pyrrole nitrogens is 1. The lowest BCUT2D eigenvalue weighted by molar-refractivity contribution is -0.143. The fraction of sp³-hybridized carbons (Fsp3) is 0.357. The number of aromatic nitrogens is 1. The van der Waals surface area contributed by atoms with Crippen LogP contribution in [0.1, 0.15) is 31.4 Å². The third-order valence-corrected chi connectivity index (χ3v) is 6.63. The Hall–Kier alpha value is -4.18. The molecule has 1 aromatic heterocycles. The summed E-state index contributed by atoms with van der Waals surface area (Å²) in [6.07, 6.45) is 2.61. The summed E-state index contributed by atoms with van der Waals surface area (Å²) < 4.78 is 0. The van der Waals surface area contributed by atoms with E-state index in [0.29, 0.717) is 6.42 Å². The molecule has 0 spiro atoms. The average Bonchev–Trinajstić information content (AvgIpc) is 3.33. The first kappa shape index (κ1) is 28.4. The maximum Gasteiger partial charge on any atom is 0.326 e. The second-order valence-electron chi connectivity index (χ2n) is 9.35. The monoisotopic (exact) mass is 521 g/mol. The van der Waals surface area contributed by atoms with Crippen molar-refractivity contribution in [3.63, 3.8) is 0 Å². The minimum Gasteiger partial charge on any atom is -0.480 e. The normalized spacial score (nSPS) is 14.2. The first-order valence-electron chi connectivity index (χ1n) is 12.6. The molecule has 1 heterocycles. The number of carboxylic acids is 1. The molecular weight excluding hydrogens is 486 g/mol. The quantitative estimate of drug-likeness (QED) is 0.199. The van der Waals surface area contributed by atoms with Crippen molar-refractivity contribution in [3.8, 4) is 0 Å². The van der Waals surface area contributed by atoms with Gasteiger partial charge in [0.05, 0.1) is 6.54 Å². The van der Waals surface area contributed by atoms with E-state index in [0.717, 1.165) is 22.0 Å². The second-order valence-corrected chi connectivity index (χ2v) is 9.35. The van der Waals surface area contributed by atoms with Crippen LogP contribution in [0.15, 0.2) is 60.8 Å². The topological polar surface area (TPSA) is 166 Å². The van der Waals surface area contributed by atoms with Gasteiger partial charge in [0.15, 0.2) is 0 Å². The van der Waals surface area contributed by atoms with Crippen molar-refractivity contribution in [3.05, 3.63) is 71.9 Å². The summed E-state index contributed by atoms with van der Waals surface area (Å²) in [6.45, 7) is 3.27. The SMILES string of the molecule is CCC(C)C(NC(=O)C(Cc1ccccc1)NC(=O)C(Cc1c[nH]c2ccccc12)NC(=O)CN)C(=O)O. The van der Waals surface area contributed by atoms with Gasteiger partial charge in [0.25, 0.3) is 0 Å². The molecule has 10 heteroatoms. The van der Waals surface area contributed by atoms with Gasteiger partial charge in [-0.3, -0.25) is 14.4 Å². The van der Waals surface area contributed by atoms with Crippen molar-refractivity contribution in [1.82, 2.24) is 20.9 Å². The first-order chi connectivity index (χ1) is 18.2. The maximum absolute atomic E-state index is 13.5. The largest absolute Gasteiger partial charge is 0.480 e. The average molecular weight is 522 g/mol. The minimum atomic E-state index is -1.15. The van der Waals surface area contributed by atoms with Crippen LogP contribution in [0.5, 0.6) is 0 Å². The lowest BCUT2D eigenvalue weighted by atomic mass is 9.97. The fourth-order valence-electron chi connectivity index (χ4n) is 4.25. The summed E-state index contributed by atoms with van der Waals surface area (Å²) in [4.78, 5) is 54.0. The van der Waals surface area contributed by atoms with E-state index in [1.54, 1.807) is 13.1 Å². The number of amides is 3. The molecular formula is C28H35N5O5. The van der Waals surface area contributed by atoms with Gasteiger partial charge < -0.3 is 31.8 Å². The number of nitrogens with two attached hydrogens (primary N) is 1. The number of benzene rings is 2. The third kappa shape index (κ3) is 7.42. The standard InChI is InChI=1S/C28H35N5O5/c1-3-17(2)25(28(37)38)33-27(36)22(13-18-9-5-4-6-10-18)32-26(35)23(31-24(34)15-29)14-19-16-30-21-12-8-7-11-20(19)21/h4-12,16-17,22-23,25,30H,3,13-15,29H2,1-2H3,(H,31,34)(H,32,35)(H,33,36)(H,37,38). The molecule has 38 heavy (non-hydrogen) atoms. The van der Waals surface area contributed by atoms with Gasteiger partial charge in [-0.15, -0.1) is 0 Å². The Morgan fingerprint density at radius 3 is 2.18 bits per heavy atom. The highest BCUT2D eigenvalue weighted by molar-refractivity contribution is 5.94. The summed E-state index contributed by atoms with van der Waals surface area (Å²) in [5, 5.41) is 18.5. The number of nitrogens with one attached hydrogen (secondary N) is 4. The Bertz CT molecular complexity index is 1260. The van der Waals surface area contributed by atoms with Crippen LogP contribution in [0.25, 0.3) is 10.9 Å². The van der Waals surface area contributed by atoms with E-state index in [9.17, 15) is 24.3 Å². The minimum absolute atomic E-state index is 0.135. The van der Waals surface area contributed by atoms with Crippen molar-refractivity contribution in [1.29, 1.82) is 0 Å². The third-order valence-electron chi connectivity index (χ3n) is 6.63. The van der Waals surface area contributed by atoms with Gasteiger partial charge in [-0.1, -0.05) is 68.8 Å². The highest BCUT2D eigenvalue weighted by atomic mass is 16.4. The summed E-state index contributed by atoms with van der Waals surface area (Å²) in [5.74, 6) is -3.18. The molecule has 0 fully saturated rings. The smallest absolute Gasteiger partial charge is 0.326 e. The zero-order valence-electron chi connectivity index (χ0n) is 21.6. The van der Waals surface area contributed by atoms with Crippen molar-refractivity contribution >= 4 is 34.6 Å². The van der Waals surface area contributed by atoms with Gasteiger partial charge in [-0.25, -0.2) is 4.79 Å². The summed E-state index contributed by atoms with van der Waals surface area (Å²) in [5.41, 5.74) is 7.97. The number of hydrogen-bond acceptors (Lipinski definition) is 5. The number of aromatic amines is 1. The Morgan fingerprint density at radius 2 is 1.53 bits per heavy atom. The van der Waals surface area contributed by atoms with Crippen molar-refractivity contribution in [2.24, 2.45) is 11.7 Å². The Balaban J connectivity index is 1.86. The molecule has 202 valence electrons. The van der Waals surface area contributed by atoms with Crippen LogP contribution in [0.3, 0.4) is 0 Å². The van der Waals surface area contributed by atoms with Gasteiger partial charge in [0, 0.05) is 29.9 Å². The zero-order chi connectivity index (χ0) is 27.7. The predicted octanol–water partition coefficient (Wildman–Crippen LogP) is 1.50. The molecule has 0 radical (unpaired) electrons. The van der Waals surface area contributed by atoms with Crippen LogP contribution in [-0.2, 0) is 32.0 Å². The number of aliphatic carboxylic acids is 1. The number of carbonyl (C=O) groups excluding carboxylic acids is 3. The predicted molar refractivity (Wildman–Crippen MR) is 144 cm³/mol. The summed E-state index contributed by atoms with van der Waals surface area (Å²) in [6, 6.07) is 13.5. The molecule has 0 saturated heterocycles. The van der Waals surface area contributed by atoms with E-state index in [2.05, 4.69) is 20.9 Å². The van der Waals surface area contributed by atoms with Gasteiger partial charge in [-0.2, -0.15) is 0 Å². The molecule has 7 N–H and O–H groups in total. The Morgan fingerprint density at radius 1 is 0.895 bits per heavy atom. The molecule has 0 aliphatic heterocycles. The lowest BCUT2D eigenvalue weighted by Crippen LogP contribution is -2.58. The van der Waals surface area contributed by atoms with E-state index >= 15 is 0 Å². The molecule has 4 atom stereocenters. The molecule has 0 aliphatic carbocycles. The van der Waals surface area contributed by atoms with Crippen LogP contribution in [0.4, 0.5) is 0 Å². The molecule has 3 aromatic rings. The molecule has 0 saturated carbocycles. The molecule has 0 bridgehead atoms. The molecule has 3 rings (SSSR count). The highest BCUT2D eigenvalue weighted by Crippen LogP contribution is 2.19. The van der Waals surface area contributed by atoms with E-state index in [4.69, 9.17) is 5.73 Å². The zero-order valence-corrected chi connectivity index (χ0v) is 21.6. The van der Waals surface area contributed by atoms with Crippen LogP contribution < -0.4 is 21.7 Å². The molecule has 0 aliphatic rings. The van der Waals surface area contributed by atoms with Crippen LogP contribution >= 0.6 is 0 Å². The molecule has 3 amide bonds. The molecule has 10 nitrogen and oxygen atoms in total. The van der Waals surface area contributed by atoms with Crippen molar-refractivity contribution in [2.45, 2.75) is 51.2 Å². The Labute approximate surface area is 221 Å². The number of carboxylic acid groups (broad SMARTS) is 1. The highest BCUT2D eigenvalue weighted by Gasteiger charge is 2.32. The fourth-order valence-corrected chi connectivity index (χ4v) is 4.25. The maximum atomic E-state index is 13.5. The van der Waals surface area contributed by atoms with Crippen LogP contribution in [0, 0.1) is 5.92 Å². The van der Waals surface area contributed by atoms with Gasteiger partial charge >= 0.3 is 5.97 Å². The number of carbonyl (C=O) groups is 4. The molecule has 2 aromatic carbocycles. The van der Waals surface area contributed by atoms with E-state index < -0.39 is 41.8 Å². The summed E-state index contributed by atoms with van der Waals surface area (Å²) >= 11 is 0. The van der Waals surface area contributed by atoms with Crippen LogP contribution in [-0.4, -0.2) is 58.5 Å². The van der Waals surface area contributed by atoms with Gasteiger partial charge in [-0.05, 0) is 23.1 Å². The number of rotatable bonds is 13. The second kappa shape index (κ2) is 13.4. The van der Waals surface area contributed by atoms with E-state index in [-0.39, 0.29) is 25.3 Å². The van der Waals surface area contributed by atoms with E-state index in [1.165, 1.54) is 0 Å². The Kier molecular flexibility index (Phi) is 10.0. The number of para-hydroxylation sites is 1. The summed E-state index contributed by atoms with van der Waals surface area (Å²) in [7, 11) is 0. The molecule has 4 unspecified atom stereocenters.